The SMILES string of the molecule is COc1ccc2[nH]cc(CCNC(=O)CC3(CCc4ccc(O)cc4)N=N3)c2c1. The molecule has 0 fully saturated rings. The standard InChI is InChI=1S/C22H24N4O3/c1-29-18-6-7-20-19(12-18)16(14-24-20)9-11-23-21(28)13-22(25-26-22)10-8-15-2-4-17(27)5-3-15/h2-7,12,14,24,27H,8-11,13H2,1H3,(H,23,28). The van der Waals surface area contributed by atoms with Crippen LogP contribution in [-0.4, -0.2) is 35.3 Å². The number of fused-ring (bicyclic) bond motifs is 1. The van der Waals surface area contributed by atoms with Crippen LogP contribution in [0.15, 0.2) is 58.9 Å². The minimum Gasteiger partial charge on any atom is -0.508 e. The Morgan fingerprint density at radius 2 is 1.97 bits per heavy atom. The molecule has 0 radical (unpaired) electrons. The first kappa shape index (κ1) is 19.0. The number of nitrogens with one attached hydrogen (secondary N) is 2. The molecular formula is C22H24N4O3. The molecule has 0 bridgehead atoms. The van der Waals surface area contributed by atoms with Gasteiger partial charge in [0.05, 0.1) is 13.5 Å². The molecule has 2 heterocycles. The molecule has 3 N–H and O–H groups in total. The van der Waals surface area contributed by atoms with Crippen LogP contribution in [0.5, 0.6) is 11.5 Å². The zero-order valence-electron chi connectivity index (χ0n) is 16.3. The number of H-pyrrole nitrogens is 1. The number of rotatable bonds is 9. The summed E-state index contributed by atoms with van der Waals surface area (Å²) in [5.74, 6) is 1.02. The molecule has 1 aromatic heterocycles. The summed E-state index contributed by atoms with van der Waals surface area (Å²) >= 11 is 0. The van der Waals surface area contributed by atoms with Gasteiger partial charge in [-0.05, 0) is 54.3 Å². The van der Waals surface area contributed by atoms with Crippen molar-refractivity contribution in [1.29, 1.82) is 0 Å². The Labute approximate surface area is 168 Å². The van der Waals surface area contributed by atoms with E-state index in [1.54, 1.807) is 19.2 Å². The van der Waals surface area contributed by atoms with E-state index in [0.29, 0.717) is 13.0 Å². The van der Waals surface area contributed by atoms with Crippen molar-refractivity contribution in [2.24, 2.45) is 10.2 Å². The summed E-state index contributed by atoms with van der Waals surface area (Å²) < 4.78 is 5.30. The molecule has 7 nitrogen and oxygen atoms in total. The second-order valence-electron chi connectivity index (χ2n) is 7.35. The number of hydrogen-bond acceptors (Lipinski definition) is 5. The highest BCUT2D eigenvalue weighted by Crippen LogP contribution is 2.36. The topological polar surface area (TPSA) is 99.1 Å². The predicted octanol–water partition coefficient (Wildman–Crippen LogP) is 3.73. The number of carbonyl (C=O) groups excluding carboxylic acids is 1. The number of aromatic nitrogens is 1. The maximum atomic E-state index is 12.4. The third-order valence-electron chi connectivity index (χ3n) is 5.27. The number of nitrogens with zero attached hydrogens (tertiary/aromatic N) is 2. The van der Waals surface area contributed by atoms with Gasteiger partial charge in [-0.3, -0.25) is 4.79 Å². The van der Waals surface area contributed by atoms with Gasteiger partial charge >= 0.3 is 0 Å². The molecule has 0 saturated carbocycles. The first-order valence-corrected chi connectivity index (χ1v) is 9.70. The molecule has 150 valence electrons. The molecule has 0 spiro atoms. The lowest BCUT2D eigenvalue weighted by atomic mass is 9.99. The van der Waals surface area contributed by atoms with Crippen LogP contribution in [0.2, 0.25) is 0 Å². The third kappa shape index (κ3) is 4.56. The molecule has 4 rings (SSSR count). The monoisotopic (exact) mass is 392 g/mol. The molecule has 0 aliphatic carbocycles. The highest BCUT2D eigenvalue weighted by Gasteiger charge is 2.41. The summed E-state index contributed by atoms with van der Waals surface area (Å²) in [6.07, 6.45) is 4.42. The van der Waals surface area contributed by atoms with Crippen LogP contribution in [0, 0.1) is 0 Å². The van der Waals surface area contributed by atoms with Crippen LogP contribution in [-0.2, 0) is 17.6 Å². The lowest BCUT2D eigenvalue weighted by molar-refractivity contribution is -0.121. The van der Waals surface area contributed by atoms with Gasteiger partial charge in [-0.2, -0.15) is 10.2 Å². The Morgan fingerprint density at radius 3 is 2.69 bits per heavy atom. The maximum Gasteiger partial charge on any atom is 0.224 e. The van der Waals surface area contributed by atoms with E-state index in [-0.39, 0.29) is 18.1 Å². The van der Waals surface area contributed by atoms with E-state index >= 15 is 0 Å². The first-order valence-electron chi connectivity index (χ1n) is 9.70. The molecule has 0 unspecified atom stereocenters. The van der Waals surface area contributed by atoms with Crippen molar-refractivity contribution < 1.29 is 14.6 Å². The van der Waals surface area contributed by atoms with Gasteiger partial charge in [0.1, 0.15) is 11.5 Å². The smallest absolute Gasteiger partial charge is 0.224 e. The summed E-state index contributed by atoms with van der Waals surface area (Å²) in [7, 11) is 1.65. The summed E-state index contributed by atoms with van der Waals surface area (Å²) in [5.41, 5.74) is 2.70. The largest absolute Gasteiger partial charge is 0.508 e. The van der Waals surface area contributed by atoms with E-state index in [4.69, 9.17) is 4.74 Å². The van der Waals surface area contributed by atoms with Crippen molar-refractivity contribution in [2.75, 3.05) is 13.7 Å². The molecule has 1 amide bonds. The third-order valence-corrected chi connectivity index (χ3v) is 5.27. The van der Waals surface area contributed by atoms with E-state index in [1.165, 1.54) is 0 Å². The average molecular weight is 392 g/mol. The molecule has 1 aliphatic rings. The Hall–Kier alpha value is -3.35. The zero-order valence-corrected chi connectivity index (χ0v) is 16.3. The van der Waals surface area contributed by atoms with E-state index < -0.39 is 5.66 Å². The predicted molar refractivity (Wildman–Crippen MR) is 110 cm³/mol. The number of ether oxygens (including phenoxy) is 1. The van der Waals surface area contributed by atoms with Crippen molar-refractivity contribution in [2.45, 2.75) is 31.3 Å². The van der Waals surface area contributed by atoms with Crippen LogP contribution in [0.1, 0.15) is 24.0 Å². The van der Waals surface area contributed by atoms with Crippen LogP contribution < -0.4 is 10.1 Å². The van der Waals surface area contributed by atoms with Gasteiger partial charge in [-0.1, -0.05) is 12.1 Å². The van der Waals surface area contributed by atoms with E-state index in [9.17, 15) is 9.90 Å². The Balaban J connectivity index is 1.25. The fourth-order valence-electron chi connectivity index (χ4n) is 3.48. The highest BCUT2D eigenvalue weighted by molar-refractivity contribution is 5.84. The minimum atomic E-state index is -0.587. The fourth-order valence-corrected chi connectivity index (χ4v) is 3.48. The highest BCUT2D eigenvalue weighted by atomic mass is 16.5. The normalized spacial score (nSPS) is 14.1. The van der Waals surface area contributed by atoms with Gasteiger partial charge in [0, 0.05) is 30.1 Å². The number of phenolic OH excluding ortho intramolecular Hbond substituents is 1. The number of aromatic amines is 1. The number of aryl methyl sites for hydroxylation is 1. The fraction of sp³-hybridized carbons (Fsp3) is 0.318. The summed E-state index contributed by atoms with van der Waals surface area (Å²) in [5, 5.41) is 21.7. The summed E-state index contributed by atoms with van der Waals surface area (Å²) in [6.45, 7) is 0.553. The molecule has 7 heteroatoms. The van der Waals surface area contributed by atoms with Crippen molar-refractivity contribution in [3.8, 4) is 11.5 Å². The first-order chi connectivity index (χ1) is 14.1. The van der Waals surface area contributed by atoms with Gasteiger partial charge in [-0.15, -0.1) is 0 Å². The maximum absolute atomic E-state index is 12.4. The number of hydrogen-bond donors (Lipinski definition) is 3. The Morgan fingerprint density at radius 1 is 1.17 bits per heavy atom. The second-order valence-corrected chi connectivity index (χ2v) is 7.35. The molecule has 0 atom stereocenters. The Kier molecular flexibility index (Phi) is 5.20. The lowest BCUT2D eigenvalue weighted by Crippen LogP contribution is -2.30. The molecule has 3 aromatic rings. The summed E-state index contributed by atoms with van der Waals surface area (Å²) in [6, 6.07) is 13.0. The van der Waals surface area contributed by atoms with Crippen LogP contribution in [0.4, 0.5) is 0 Å². The van der Waals surface area contributed by atoms with Crippen LogP contribution in [0.25, 0.3) is 10.9 Å². The lowest BCUT2D eigenvalue weighted by Gasteiger charge is -2.11. The number of aromatic hydroxyl groups is 1. The molecule has 0 saturated heterocycles. The number of methoxy groups -OCH3 is 1. The number of phenols is 1. The van der Waals surface area contributed by atoms with Gasteiger partial charge in [-0.25, -0.2) is 0 Å². The van der Waals surface area contributed by atoms with Gasteiger partial charge in [0.25, 0.3) is 0 Å². The molecule has 1 aliphatic heterocycles. The van der Waals surface area contributed by atoms with Gasteiger partial charge in [0.2, 0.25) is 5.91 Å². The van der Waals surface area contributed by atoms with Crippen LogP contribution >= 0.6 is 0 Å². The van der Waals surface area contributed by atoms with Crippen LogP contribution in [0.3, 0.4) is 0 Å². The molecule has 29 heavy (non-hydrogen) atoms. The van der Waals surface area contributed by atoms with E-state index in [0.717, 1.165) is 40.6 Å². The zero-order chi connectivity index (χ0) is 20.3. The van der Waals surface area contributed by atoms with Gasteiger partial charge < -0.3 is 20.1 Å². The minimum absolute atomic E-state index is 0.0434. The number of amides is 1. The average Bonchev–Trinajstić information content (AvgIpc) is 3.37. The number of carbonyl (C=O) groups is 1. The van der Waals surface area contributed by atoms with Crippen molar-refractivity contribution in [3.63, 3.8) is 0 Å². The van der Waals surface area contributed by atoms with Crippen molar-refractivity contribution in [3.05, 3.63) is 59.8 Å². The van der Waals surface area contributed by atoms with Crippen molar-refractivity contribution >= 4 is 16.8 Å². The van der Waals surface area contributed by atoms with Gasteiger partial charge in [0.15, 0.2) is 5.66 Å². The number of benzene rings is 2. The second kappa shape index (κ2) is 7.95. The van der Waals surface area contributed by atoms with E-state index in [2.05, 4.69) is 20.5 Å². The summed E-state index contributed by atoms with van der Waals surface area (Å²) in [4.78, 5) is 15.6. The quantitative estimate of drug-likeness (QED) is 0.517. The molecular weight excluding hydrogens is 368 g/mol. The van der Waals surface area contributed by atoms with Crippen molar-refractivity contribution in [1.82, 2.24) is 10.3 Å². The molecule has 2 aromatic carbocycles. The van der Waals surface area contributed by atoms with E-state index in [1.807, 2.05) is 36.5 Å². The Bertz CT molecular complexity index is 1030.